The molecule has 0 amide bonds. The zero-order valence-corrected chi connectivity index (χ0v) is 13.0. The summed E-state index contributed by atoms with van der Waals surface area (Å²) in [6, 6.07) is 3.91. The fourth-order valence-electron chi connectivity index (χ4n) is 2.05. The minimum atomic E-state index is -4.77. The van der Waals surface area contributed by atoms with E-state index in [4.69, 9.17) is 15.2 Å². The molecule has 0 aliphatic heterocycles. The van der Waals surface area contributed by atoms with Crippen molar-refractivity contribution in [3.8, 4) is 22.6 Å². The molecular weight excluding hydrogens is 327 g/mol. The van der Waals surface area contributed by atoms with Crippen LogP contribution < -0.4 is 15.2 Å². The van der Waals surface area contributed by atoms with Crippen LogP contribution in [0.5, 0.6) is 11.5 Å². The maximum Gasteiger partial charge on any atom is 0.573 e. The molecule has 0 fully saturated rings. The monoisotopic (exact) mass is 345 g/mol. The molecule has 2 aromatic rings. The summed E-state index contributed by atoms with van der Waals surface area (Å²) < 4.78 is 53.1. The Labute approximate surface area is 136 Å². The third kappa shape index (κ3) is 5.14. The first-order valence-corrected chi connectivity index (χ1v) is 7.17. The Morgan fingerprint density at radius 2 is 2.04 bits per heavy atom. The summed E-state index contributed by atoms with van der Waals surface area (Å²) in [6.45, 7) is 1.46. The van der Waals surface area contributed by atoms with Crippen LogP contribution in [0.2, 0.25) is 0 Å². The van der Waals surface area contributed by atoms with Crippen molar-refractivity contribution in [1.29, 1.82) is 0 Å². The summed E-state index contributed by atoms with van der Waals surface area (Å²) in [5.41, 5.74) is 6.78. The van der Waals surface area contributed by atoms with E-state index in [-0.39, 0.29) is 18.1 Å². The third-order valence-corrected chi connectivity index (χ3v) is 3.03. The van der Waals surface area contributed by atoms with Gasteiger partial charge in [0.05, 0.1) is 19.3 Å². The highest BCUT2D eigenvalue weighted by atomic mass is 19.4. The van der Waals surface area contributed by atoms with Crippen molar-refractivity contribution in [2.75, 3.05) is 26.9 Å². The molecule has 6 nitrogen and oxygen atoms in total. The van der Waals surface area contributed by atoms with Crippen LogP contribution >= 0.6 is 0 Å². The van der Waals surface area contributed by atoms with Crippen LogP contribution in [0.4, 0.5) is 13.2 Å². The lowest BCUT2D eigenvalue weighted by Crippen LogP contribution is -2.17. The second-order valence-corrected chi connectivity index (χ2v) is 4.83. The Balaban J connectivity index is 2.29. The third-order valence-electron chi connectivity index (χ3n) is 3.03. The number of nitrogens with two attached hydrogens (primary N) is 1. The summed E-state index contributed by atoms with van der Waals surface area (Å²) in [5, 5.41) is 4.15. The van der Waals surface area contributed by atoms with Crippen molar-refractivity contribution in [3.63, 3.8) is 0 Å². The Morgan fingerprint density at radius 1 is 1.25 bits per heavy atom. The lowest BCUT2D eigenvalue weighted by Gasteiger charge is -2.14. The highest BCUT2D eigenvalue weighted by molar-refractivity contribution is 5.70. The van der Waals surface area contributed by atoms with Gasteiger partial charge in [-0.3, -0.25) is 4.68 Å². The quantitative estimate of drug-likeness (QED) is 0.744. The van der Waals surface area contributed by atoms with Crippen molar-refractivity contribution in [2.24, 2.45) is 5.73 Å². The van der Waals surface area contributed by atoms with Crippen LogP contribution in [0.3, 0.4) is 0 Å². The summed E-state index contributed by atoms with van der Waals surface area (Å²) in [5.74, 6) is -0.103. The van der Waals surface area contributed by atoms with E-state index >= 15 is 0 Å². The number of alkyl halides is 3. The lowest BCUT2D eigenvalue weighted by atomic mass is 10.1. The van der Waals surface area contributed by atoms with Crippen molar-refractivity contribution >= 4 is 0 Å². The summed E-state index contributed by atoms with van der Waals surface area (Å²) >= 11 is 0. The van der Waals surface area contributed by atoms with Crippen molar-refractivity contribution < 1.29 is 27.4 Å². The molecule has 0 saturated heterocycles. The molecule has 24 heavy (non-hydrogen) atoms. The molecule has 2 N–H and O–H groups in total. The summed E-state index contributed by atoms with van der Waals surface area (Å²) in [4.78, 5) is 0. The van der Waals surface area contributed by atoms with Gasteiger partial charge in [0.1, 0.15) is 18.1 Å². The fourth-order valence-corrected chi connectivity index (χ4v) is 2.05. The molecule has 0 spiro atoms. The van der Waals surface area contributed by atoms with Gasteiger partial charge in [-0.25, -0.2) is 0 Å². The van der Waals surface area contributed by atoms with Gasteiger partial charge in [-0.2, -0.15) is 5.10 Å². The number of hydrogen-bond acceptors (Lipinski definition) is 5. The van der Waals surface area contributed by atoms with Crippen LogP contribution in [-0.4, -0.2) is 43.0 Å². The van der Waals surface area contributed by atoms with E-state index in [1.165, 1.54) is 25.3 Å². The lowest BCUT2D eigenvalue weighted by molar-refractivity contribution is -0.274. The zero-order valence-electron chi connectivity index (χ0n) is 13.0. The van der Waals surface area contributed by atoms with Crippen LogP contribution in [-0.2, 0) is 11.3 Å². The van der Waals surface area contributed by atoms with E-state index in [2.05, 4.69) is 9.84 Å². The number of methoxy groups -OCH3 is 1. The number of aromatic nitrogens is 2. The van der Waals surface area contributed by atoms with Gasteiger partial charge in [0.15, 0.2) is 0 Å². The van der Waals surface area contributed by atoms with Gasteiger partial charge in [0.25, 0.3) is 0 Å². The highest BCUT2D eigenvalue weighted by Gasteiger charge is 2.31. The van der Waals surface area contributed by atoms with Crippen molar-refractivity contribution in [3.05, 3.63) is 30.6 Å². The number of benzene rings is 1. The van der Waals surface area contributed by atoms with Gasteiger partial charge in [-0.1, -0.05) is 0 Å². The van der Waals surface area contributed by atoms with Crippen LogP contribution in [0.25, 0.3) is 11.1 Å². The molecule has 2 rings (SSSR count). The van der Waals surface area contributed by atoms with E-state index in [0.29, 0.717) is 30.8 Å². The number of ether oxygens (including phenoxy) is 3. The standard InChI is InChI=1S/C15H18F3N3O3/c1-22-6-7-23-14-8-12(24-15(16,17)18)2-3-13(14)11-9-20-21(10-11)5-4-19/h2-3,8-10H,4-7,19H2,1H3. The number of rotatable bonds is 8. The molecule has 1 aromatic heterocycles. The van der Waals surface area contributed by atoms with Gasteiger partial charge in [-0.05, 0) is 12.1 Å². The van der Waals surface area contributed by atoms with Crippen molar-refractivity contribution in [2.45, 2.75) is 12.9 Å². The average Bonchev–Trinajstić information content (AvgIpc) is 2.95. The van der Waals surface area contributed by atoms with Crippen LogP contribution in [0.1, 0.15) is 0 Å². The SMILES string of the molecule is COCCOc1cc(OC(F)(F)F)ccc1-c1cnn(CCN)c1. The Bertz CT molecular complexity index is 659. The maximum absolute atomic E-state index is 12.4. The number of halogens is 3. The minimum absolute atomic E-state index is 0.190. The smallest absolute Gasteiger partial charge is 0.490 e. The van der Waals surface area contributed by atoms with E-state index in [1.54, 1.807) is 17.1 Å². The maximum atomic E-state index is 12.4. The Morgan fingerprint density at radius 3 is 2.71 bits per heavy atom. The second-order valence-electron chi connectivity index (χ2n) is 4.83. The molecule has 0 aliphatic carbocycles. The molecule has 132 valence electrons. The van der Waals surface area contributed by atoms with Gasteiger partial charge >= 0.3 is 6.36 Å². The first kappa shape index (κ1) is 18.1. The van der Waals surface area contributed by atoms with Crippen LogP contribution in [0, 0.1) is 0 Å². The molecule has 1 heterocycles. The Hall–Kier alpha value is -2.26. The summed E-state index contributed by atoms with van der Waals surface area (Å²) in [6.07, 6.45) is -1.43. The molecule has 0 unspecified atom stereocenters. The van der Waals surface area contributed by atoms with E-state index in [9.17, 15) is 13.2 Å². The minimum Gasteiger partial charge on any atom is -0.490 e. The predicted molar refractivity (Wildman–Crippen MR) is 80.8 cm³/mol. The second kappa shape index (κ2) is 8.02. The molecule has 1 aromatic carbocycles. The zero-order chi connectivity index (χ0) is 17.6. The molecule has 9 heteroatoms. The Kier molecular flexibility index (Phi) is 6.04. The van der Waals surface area contributed by atoms with Gasteiger partial charge < -0.3 is 19.9 Å². The molecule has 0 atom stereocenters. The molecular formula is C15H18F3N3O3. The average molecular weight is 345 g/mol. The largest absolute Gasteiger partial charge is 0.573 e. The van der Waals surface area contributed by atoms with Gasteiger partial charge in [-0.15, -0.1) is 13.2 Å². The van der Waals surface area contributed by atoms with E-state index < -0.39 is 6.36 Å². The van der Waals surface area contributed by atoms with Gasteiger partial charge in [0, 0.05) is 37.0 Å². The molecule has 0 radical (unpaired) electrons. The predicted octanol–water partition coefficient (Wildman–Crippen LogP) is 2.43. The topological polar surface area (TPSA) is 71.5 Å². The fraction of sp³-hybridized carbons (Fsp3) is 0.400. The number of hydrogen-bond donors (Lipinski definition) is 1. The molecule has 0 saturated carbocycles. The van der Waals surface area contributed by atoms with Gasteiger partial charge in [0.2, 0.25) is 0 Å². The van der Waals surface area contributed by atoms with Crippen LogP contribution in [0.15, 0.2) is 30.6 Å². The van der Waals surface area contributed by atoms with E-state index in [1.807, 2.05) is 0 Å². The van der Waals surface area contributed by atoms with Crippen molar-refractivity contribution in [1.82, 2.24) is 9.78 Å². The highest BCUT2D eigenvalue weighted by Crippen LogP contribution is 2.35. The summed E-state index contributed by atoms with van der Waals surface area (Å²) in [7, 11) is 1.50. The van der Waals surface area contributed by atoms with E-state index in [0.717, 1.165) is 0 Å². The normalized spacial score (nSPS) is 11.5. The first-order valence-electron chi connectivity index (χ1n) is 7.17. The first-order chi connectivity index (χ1) is 11.4. The molecule has 0 aliphatic rings. The molecule has 0 bridgehead atoms. The number of nitrogens with zero attached hydrogens (tertiary/aromatic N) is 2.